The predicted octanol–water partition coefficient (Wildman–Crippen LogP) is 4.94. The monoisotopic (exact) mass is 458 g/mol. The SMILES string of the molecule is COc1ccc(N2C(=S)N[C@H](c3ccccn3)[C@@H]2c2ccc(Cl)s2)cc1NC(C)=O. The number of benzene rings is 1. The summed E-state index contributed by atoms with van der Waals surface area (Å²) in [7, 11) is 1.57. The van der Waals surface area contributed by atoms with Crippen LogP contribution in [0.3, 0.4) is 0 Å². The van der Waals surface area contributed by atoms with E-state index in [1.54, 1.807) is 13.3 Å². The maximum absolute atomic E-state index is 11.7. The van der Waals surface area contributed by atoms with Gasteiger partial charge in [0.2, 0.25) is 5.91 Å². The van der Waals surface area contributed by atoms with Crippen LogP contribution in [0.4, 0.5) is 11.4 Å². The normalized spacial score (nSPS) is 18.2. The molecular weight excluding hydrogens is 440 g/mol. The summed E-state index contributed by atoms with van der Waals surface area (Å²) in [6.45, 7) is 1.46. The average Bonchev–Trinajstić information content (AvgIpc) is 3.31. The Kier molecular flexibility index (Phi) is 5.90. The number of amides is 1. The smallest absolute Gasteiger partial charge is 0.221 e. The second kappa shape index (κ2) is 8.59. The molecule has 3 aromatic rings. The first kappa shape index (κ1) is 20.6. The van der Waals surface area contributed by atoms with Gasteiger partial charge in [0.1, 0.15) is 5.75 Å². The number of thiocarbonyl (C=S) groups is 1. The van der Waals surface area contributed by atoms with Crippen LogP contribution in [-0.4, -0.2) is 23.1 Å². The molecule has 2 atom stereocenters. The van der Waals surface area contributed by atoms with Crippen LogP contribution in [0.25, 0.3) is 0 Å². The third-order valence-electron chi connectivity index (χ3n) is 4.76. The van der Waals surface area contributed by atoms with E-state index in [0.29, 0.717) is 20.9 Å². The molecule has 0 saturated carbocycles. The van der Waals surface area contributed by atoms with Crippen molar-refractivity contribution in [1.29, 1.82) is 0 Å². The van der Waals surface area contributed by atoms with Gasteiger partial charge in [0, 0.05) is 23.7 Å². The number of pyridine rings is 1. The summed E-state index contributed by atoms with van der Waals surface area (Å²) in [6.07, 6.45) is 1.77. The number of thiophene rings is 1. The Labute approximate surface area is 188 Å². The van der Waals surface area contributed by atoms with Gasteiger partial charge < -0.3 is 20.3 Å². The molecular formula is C21H19ClN4O2S2. The summed E-state index contributed by atoms with van der Waals surface area (Å²) < 4.78 is 6.09. The van der Waals surface area contributed by atoms with Gasteiger partial charge in [-0.15, -0.1) is 11.3 Å². The van der Waals surface area contributed by atoms with Gasteiger partial charge in [-0.1, -0.05) is 17.7 Å². The van der Waals surface area contributed by atoms with Crippen molar-refractivity contribution in [1.82, 2.24) is 10.3 Å². The molecule has 9 heteroatoms. The number of carbonyl (C=O) groups excluding carboxylic acids is 1. The van der Waals surface area contributed by atoms with Crippen molar-refractivity contribution in [3.05, 3.63) is 69.6 Å². The summed E-state index contributed by atoms with van der Waals surface area (Å²) >= 11 is 13.5. The van der Waals surface area contributed by atoms with Gasteiger partial charge in [-0.3, -0.25) is 9.78 Å². The highest BCUT2D eigenvalue weighted by atomic mass is 35.5. The van der Waals surface area contributed by atoms with E-state index in [2.05, 4.69) is 15.6 Å². The van der Waals surface area contributed by atoms with E-state index in [9.17, 15) is 4.79 Å². The van der Waals surface area contributed by atoms with E-state index in [1.165, 1.54) is 18.3 Å². The van der Waals surface area contributed by atoms with Crippen LogP contribution in [0.15, 0.2) is 54.7 Å². The van der Waals surface area contributed by atoms with Crippen LogP contribution in [0.5, 0.6) is 5.75 Å². The number of ether oxygens (including phenoxy) is 1. The topological polar surface area (TPSA) is 66.5 Å². The molecule has 0 spiro atoms. The zero-order valence-corrected chi connectivity index (χ0v) is 18.6. The third-order valence-corrected chi connectivity index (χ3v) is 6.37. The highest BCUT2D eigenvalue weighted by molar-refractivity contribution is 7.80. The van der Waals surface area contributed by atoms with Crippen molar-refractivity contribution >= 4 is 57.5 Å². The van der Waals surface area contributed by atoms with Crippen molar-refractivity contribution in [2.75, 3.05) is 17.3 Å². The molecule has 2 aromatic heterocycles. The van der Waals surface area contributed by atoms with Gasteiger partial charge in [-0.2, -0.15) is 0 Å². The van der Waals surface area contributed by atoms with E-state index in [1.807, 2.05) is 53.4 Å². The minimum absolute atomic E-state index is 0.150. The van der Waals surface area contributed by atoms with Crippen LogP contribution in [-0.2, 0) is 4.79 Å². The number of methoxy groups -OCH3 is 1. The van der Waals surface area contributed by atoms with Crippen LogP contribution in [0.2, 0.25) is 4.34 Å². The number of anilines is 2. The molecule has 0 unspecified atom stereocenters. The number of nitrogens with zero attached hydrogens (tertiary/aromatic N) is 2. The zero-order chi connectivity index (χ0) is 21.3. The van der Waals surface area contributed by atoms with Gasteiger partial charge in [0.25, 0.3) is 0 Å². The molecule has 1 aliphatic heterocycles. The molecule has 0 radical (unpaired) electrons. The molecule has 1 saturated heterocycles. The first-order valence-corrected chi connectivity index (χ1v) is 10.8. The fourth-order valence-electron chi connectivity index (χ4n) is 3.54. The minimum atomic E-state index is -0.180. The molecule has 154 valence electrons. The van der Waals surface area contributed by atoms with Crippen molar-refractivity contribution in [3.8, 4) is 5.75 Å². The summed E-state index contributed by atoms with van der Waals surface area (Å²) in [5.41, 5.74) is 2.28. The predicted molar refractivity (Wildman–Crippen MR) is 125 cm³/mol. The Balaban J connectivity index is 1.81. The molecule has 6 nitrogen and oxygen atoms in total. The van der Waals surface area contributed by atoms with Crippen molar-refractivity contribution in [2.24, 2.45) is 0 Å². The van der Waals surface area contributed by atoms with E-state index in [-0.39, 0.29) is 18.0 Å². The lowest BCUT2D eigenvalue weighted by Crippen LogP contribution is -2.29. The number of halogens is 1. The molecule has 3 heterocycles. The van der Waals surface area contributed by atoms with Gasteiger partial charge in [-0.05, 0) is 54.7 Å². The lowest BCUT2D eigenvalue weighted by molar-refractivity contribution is -0.114. The quantitative estimate of drug-likeness (QED) is 0.528. The average molecular weight is 459 g/mol. The van der Waals surface area contributed by atoms with Crippen LogP contribution < -0.4 is 20.3 Å². The molecule has 1 fully saturated rings. The summed E-state index contributed by atoms with van der Waals surface area (Å²) in [6, 6.07) is 15.0. The van der Waals surface area contributed by atoms with Gasteiger partial charge in [0.15, 0.2) is 5.11 Å². The molecule has 4 rings (SSSR count). The van der Waals surface area contributed by atoms with Crippen LogP contribution in [0, 0.1) is 0 Å². The zero-order valence-electron chi connectivity index (χ0n) is 16.3. The van der Waals surface area contributed by atoms with E-state index in [4.69, 9.17) is 28.6 Å². The summed E-state index contributed by atoms with van der Waals surface area (Å²) in [5, 5.41) is 6.79. The molecule has 0 aliphatic carbocycles. The van der Waals surface area contributed by atoms with Crippen LogP contribution >= 0.6 is 35.2 Å². The third kappa shape index (κ3) is 3.98. The minimum Gasteiger partial charge on any atom is -0.495 e. The van der Waals surface area contributed by atoms with Gasteiger partial charge in [0.05, 0.1) is 34.9 Å². The molecule has 30 heavy (non-hydrogen) atoms. The molecule has 2 N–H and O–H groups in total. The highest BCUT2D eigenvalue weighted by Crippen LogP contribution is 2.45. The summed E-state index contributed by atoms with van der Waals surface area (Å²) in [4.78, 5) is 19.3. The van der Waals surface area contributed by atoms with Crippen molar-refractivity contribution in [3.63, 3.8) is 0 Å². The Hall–Kier alpha value is -2.68. The van der Waals surface area contributed by atoms with E-state index in [0.717, 1.165) is 16.3 Å². The van der Waals surface area contributed by atoms with Gasteiger partial charge in [-0.25, -0.2) is 0 Å². The van der Waals surface area contributed by atoms with Crippen molar-refractivity contribution in [2.45, 2.75) is 19.0 Å². The highest BCUT2D eigenvalue weighted by Gasteiger charge is 2.41. The second-order valence-corrected chi connectivity index (χ2v) is 8.84. The molecule has 1 amide bonds. The number of aromatic nitrogens is 1. The molecule has 0 bridgehead atoms. The fourth-order valence-corrected chi connectivity index (χ4v) is 5.08. The van der Waals surface area contributed by atoms with Gasteiger partial charge >= 0.3 is 0 Å². The number of rotatable bonds is 5. The Bertz CT molecular complexity index is 1090. The lowest BCUT2D eigenvalue weighted by Gasteiger charge is -2.27. The summed E-state index contributed by atoms with van der Waals surface area (Å²) in [5.74, 6) is 0.393. The number of carbonyl (C=O) groups is 1. The second-order valence-electron chi connectivity index (χ2n) is 6.70. The number of hydrogen-bond donors (Lipinski definition) is 2. The molecule has 1 aliphatic rings. The molecule has 1 aromatic carbocycles. The first-order valence-electron chi connectivity index (χ1n) is 9.19. The van der Waals surface area contributed by atoms with E-state index >= 15 is 0 Å². The maximum Gasteiger partial charge on any atom is 0.221 e. The number of nitrogens with one attached hydrogen (secondary N) is 2. The fraction of sp³-hybridized carbons (Fsp3) is 0.190. The van der Waals surface area contributed by atoms with Crippen LogP contribution in [0.1, 0.15) is 29.6 Å². The van der Waals surface area contributed by atoms with Crippen molar-refractivity contribution < 1.29 is 9.53 Å². The first-order chi connectivity index (χ1) is 14.5. The van der Waals surface area contributed by atoms with E-state index < -0.39 is 0 Å². The Morgan fingerprint density at radius 3 is 2.77 bits per heavy atom. The maximum atomic E-state index is 11.7. The Morgan fingerprint density at radius 2 is 2.13 bits per heavy atom. The lowest BCUT2D eigenvalue weighted by atomic mass is 10.0. The number of hydrogen-bond acceptors (Lipinski definition) is 5. The largest absolute Gasteiger partial charge is 0.495 e. The standard InChI is InChI=1S/C21H19ClN4O2S2/c1-12(27)24-15-11-13(6-7-16(15)28-2)26-20(17-8-9-18(22)30-17)19(25-21(26)29)14-5-3-4-10-23-14/h3-11,19-20H,1-2H3,(H,24,27)(H,25,29)/t19-,20+/m1/s1. The Morgan fingerprint density at radius 1 is 1.30 bits per heavy atom.